The lowest BCUT2D eigenvalue weighted by Crippen LogP contribution is -2.52. The van der Waals surface area contributed by atoms with Crippen molar-refractivity contribution in [1.29, 1.82) is 5.26 Å². The summed E-state index contributed by atoms with van der Waals surface area (Å²) in [5.41, 5.74) is 4.59. The van der Waals surface area contributed by atoms with E-state index in [9.17, 15) is 26.9 Å². The Labute approximate surface area is 301 Å². The third kappa shape index (κ3) is 8.12. The van der Waals surface area contributed by atoms with E-state index in [0.29, 0.717) is 66.0 Å². The number of thiophene rings is 1. The summed E-state index contributed by atoms with van der Waals surface area (Å²) in [6.45, 7) is 11.4. The number of aromatic nitrogens is 3. The molecular weight excluding hydrogens is 700 g/mol. The number of hydrogen-bond acceptors (Lipinski definition) is 10. The standard InChI is InChI=1S/C35H46F3N9O2S2/c1-6-26(45-13-15-46(16-14-45)51(5,48)49)21-47-27(19-39)17-28-22(2)24(7-8-29(28)47)20-44-11-9-25(10-12-44)41-32-31-23(3)30(18-35(36,37)38)50-33(31)43-34(40-4)42-32/h7-8,17,25-26H,6,9-16,18,20-21H2,1-5H3,(H2,40,41,42,43)/t26-/m0/s1. The number of alkyl halides is 3. The molecule has 2 saturated heterocycles. The number of aryl methyl sites for hydroxylation is 2. The molecule has 2 N–H and O–H groups in total. The van der Waals surface area contributed by atoms with Crippen LogP contribution in [0.4, 0.5) is 24.9 Å². The minimum Gasteiger partial charge on any atom is -0.367 e. The second-order valence-corrected chi connectivity index (χ2v) is 16.8. The third-order valence-corrected chi connectivity index (χ3v) is 13.0. The van der Waals surface area contributed by atoms with Crippen molar-refractivity contribution < 1.29 is 21.6 Å². The molecule has 11 nitrogen and oxygen atoms in total. The van der Waals surface area contributed by atoms with E-state index in [0.717, 1.165) is 66.7 Å². The lowest BCUT2D eigenvalue weighted by Gasteiger charge is -2.38. The van der Waals surface area contributed by atoms with Gasteiger partial charge < -0.3 is 15.2 Å². The molecule has 3 aromatic heterocycles. The van der Waals surface area contributed by atoms with Crippen molar-refractivity contribution in [2.24, 2.45) is 0 Å². The first kappa shape index (κ1) is 37.3. The van der Waals surface area contributed by atoms with Crippen molar-refractivity contribution >= 4 is 54.2 Å². The Morgan fingerprint density at radius 3 is 2.39 bits per heavy atom. The van der Waals surface area contributed by atoms with E-state index in [1.54, 1.807) is 14.0 Å². The van der Waals surface area contributed by atoms with Crippen molar-refractivity contribution in [2.75, 3.05) is 63.2 Å². The molecule has 0 saturated carbocycles. The number of likely N-dealkylation sites (tertiary alicyclic amines) is 1. The number of nitrogens with zero attached hydrogens (tertiary/aromatic N) is 7. The molecule has 51 heavy (non-hydrogen) atoms. The van der Waals surface area contributed by atoms with Gasteiger partial charge in [0, 0.05) is 87.3 Å². The number of piperazine rings is 1. The van der Waals surface area contributed by atoms with Gasteiger partial charge in [-0.2, -0.15) is 27.7 Å². The van der Waals surface area contributed by atoms with Crippen molar-refractivity contribution in [3.8, 4) is 6.07 Å². The zero-order chi connectivity index (χ0) is 36.7. The van der Waals surface area contributed by atoms with Gasteiger partial charge in [0.05, 0.1) is 18.1 Å². The zero-order valence-electron chi connectivity index (χ0n) is 29.8. The lowest BCUT2D eigenvalue weighted by atomic mass is 10.0. The highest BCUT2D eigenvalue weighted by Crippen LogP contribution is 2.38. The summed E-state index contributed by atoms with van der Waals surface area (Å²) in [5.74, 6) is 0.949. The van der Waals surface area contributed by atoms with Gasteiger partial charge >= 0.3 is 6.18 Å². The molecule has 2 aliphatic rings. The van der Waals surface area contributed by atoms with Gasteiger partial charge in [0.25, 0.3) is 0 Å². The molecule has 276 valence electrons. The molecule has 2 fully saturated rings. The fourth-order valence-corrected chi connectivity index (χ4v) is 9.55. The topological polar surface area (TPSA) is 122 Å². The van der Waals surface area contributed by atoms with Crippen LogP contribution in [0.25, 0.3) is 21.1 Å². The highest BCUT2D eigenvalue weighted by atomic mass is 32.2. The highest BCUT2D eigenvalue weighted by Gasteiger charge is 2.32. The zero-order valence-corrected chi connectivity index (χ0v) is 31.4. The Hall–Kier alpha value is -3.49. The number of piperidine rings is 1. The number of halogens is 3. The summed E-state index contributed by atoms with van der Waals surface area (Å²) in [6, 6.07) is 8.98. The minimum atomic E-state index is -4.30. The number of nitrogens with one attached hydrogen (secondary N) is 2. The first-order chi connectivity index (χ1) is 24.2. The number of sulfonamides is 1. The third-order valence-electron chi connectivity index (χ3n) is 10.5. The summed E-state index contributed by atoms with van der Waals surface area (Å²) in [4.78, 5) is 14.6. The van der Waals surface area contributed by atoms with Crippen LogP contribution < -0.4 is 10.6 Å². The fraction of sp³-hybridized carbons (Fsp3) is 0.571. The maximum Gasteiger partial charge on any atom is 0.393 e. The monoisotopic (exact) mass is 745 g/mol. The van der Waals surface area contributed by atoms with Crippen LogP contribution in [0.3, 0.4) is 0 Å². The molecule has 0 bridgehead atoms. The Kier molecular flexibility index (Phi) is 10.9. The molecule has 16 heteroatoms. The van der Waals surface area contributed by atoms with Gasteiger partial charge in [-0.05, 0) is 61.9 Å². The maximum absolute atomic E-state index is 13.3. The van der Waals surface area contributed by atoms with Crippen molar-refractivity contribution in [1.82, 2.24) is 28.6 Å². The largest absolute Gasteiger partial charge is 0.393 e. The van der Waals surface area contributed by atoms with Crippen LogP contribution in [-0.2, 0) is 29.5 Å². The maximum atomic E-state index is 13.3. The van der Waals surface area contributed by atoms with Crippen molar-refractivity contribution in [3.05, 3.63) is 45.5 Å². The number of fused-ring (bicyclic) bond motifs is 2. The second kappa shape index (κ2) is 14.9. The van der Waals surface area contributed by atoms with E-state index in [1.807, 2.05) is 6.07 Å². The second-order valence-electron chi connectivity index (χ2n) is 13.8. The smallest absolute Gasteiger partial charge is 0.367 e. The average molecular weight is 746 g/mol. The number of benzene rings is 1. The first-order valence-corrected chi connectivity index (χ1v) is 20.1. The van der Waals surface area contributed by atoms with Crippen molar-refractivity contribution in [3.63, 3.8) is 0 Å². The van der Waals surface area contributed by atoms with Gasteiger partial charge in [-0.3, -0.25) is 9.80 Å². The van der Waals surface area contributed by atoms with Gasteiger partial charge in [-0.15, -0.1) is 11.3 Å². The van der Waals surface area contributed by atoms with Crippen LogP contribution in [-0.4, -0.2) is 108 Å². The quantitative estimate of drug-likeness (QED) is 0.199. The minimum absolute atomic E-state index is 0.117. The van der Waals surface area contributed by atoms with E-state index in [2.05, 4.69) is 67.0 Å². The SMILES string of the molecule is CC[C@@H](Cn1c(C#N)cc2c(C)c(CN3CCC(Nc4nc(NC)nc5sc(CC(F)(F)F)c(C)c45)CC3)ccc21)N1CCN(S(C)(=O)=O)CC1. The molecule has 0 amide bonds. The molecule has 0 unspecified atom stereocenters. The first-order valence-electron chi connectivity index (χ1n) is 17.4. The average Bonchev–Trinajstić information content (AvgIpc) is 3.60. The van der Waals surface area contributed by atoms with Crippen LogP contribution in [0.2, 0.25) is 0 Å². The van der Waals surface area contributed by atoms with Gasteiger partial charge in [-0.1, -0.05) is 13.0 Å². The molecule has 6 rings (SSSR count). The fourth-order valence-electron chi connectivity index (χ4n) is 7.52. The number of nitriles is 1. The van der Waals surface area contributed by atoms with Crippen LogP contribution in [0.1, 0.15) is 53.4 Å². The molecule has 0 spiro atoms. The van der Waals surface area contributed by atoms with E-state index in [-0.39, 0.29) is 17.0 Å². The number of anilines is 2. The van der Waals surface area contributed by atoms with E-state index in [4.69, 9.17) is 0 Å². The van der Waals surface area contributed by atoms with Gasteiger partial charge in [-0.25, -0.2) is 13.4 Å². The molecule has 2 aliphatic heterocycles. The molecule has 4 aromatic rings. The molecule has 1 aromatic carbocycles. The van der Waals surface area contributed by atoms with Crippen LogP contribution in [0.15, 0.2) is 18.2 Å². The molecular formula is C35H46F3N9O2S2. The van der Waals surface area contributed by atoms with E-state index < -0.39 is 22.6 Å². The summed E-state index contributed by atoms with van der Waals surface area (Å²) < 4.78 is 67.5. The number of hydrogen-bond donors (Lipinski definition) is 2. The Bertz CT molecular complexity index is 2040. The summed E-state index contributed by atoms with van der Waals surface area (Å²) in [7, 11) is -1.51. The van der Waals surface area contributed by atoms with Crippen LogP contribution >= 0.6 is 11.3 Å². The van der Waals surface area contributed by atoms with Crippen molar-refractivity contribution in [2.45, 2.75) is 77.8 Å². The Morgan fingerprint density at radius 2 is 1.78 bits per heavy atom. The van der Waals surface area contributed by atoms with Gasteiger partial charge in [0.15, 0.2) is 0 Å². The van der Waals surface area contributed by atoms with Gasteiger partial charge in [0.1, 0.15) is 22.4 Å². The van der Waals surface area contributed by atoms with E-state index >= 15 is 0 Å². The molecule has 0 aliphatic carbocycles. The summed E-state index contributed by atoms with van der Waals surface area (Å²) >= 11 is 1.07. The lowest BCUT2D eigenvalue weighted by molar-refractivity contribution is -0.126. The predicted molar refractivity (Wildman–Crippen MR) is 197 cm³/mol. The van der Waals surface area contributed by atoms with Crippen LogP contribution in [0.5, 0.6) is 0 Å². The summed E-state index contributed by atoms with van der Waals surface area (Å²) in [6.07, 6.45) is -1.43. The predicted octanol–water partition coefficient (Wildman–Crippen LogP) is 5.71. The molecule has 0 radical (unpaired) electrons. The Balaban J connectivity index is 1.12. The normalized spacial score (nSPS) is 18.0. The van der Waals surface area contributed by atoms with Gasteiger partial charge in [0.2, 0.25) is 16.0 Å². The van der Waals surface area contributed by atoms with Crippen LogP contribution in [0, 0.1) is 25.2 Å². The number of rotatable bonds is 11. The molecule has 1 atom stereocenters. The summed E-state index contributed by atoms with van der Waals surface area (Å²) in [5, 5.41) is 18.3. The Morgan fingerprint density at radius 1 is 1.08 bits per heavy atom. The molecule has 5 heterocycles. The highest BCUT2D eigenvalue weighted by molar-refractivity contribution is 7.88. The van der Waals surface area contributed by atoms with E-state index in [1.165, 1.54) is 16.1 Å².